The molecule has 164 valence electrons. The van der Waals surface area contributed by atoms with Crippen LogP contribution in [0.1, 0.15) is 49.3 Å². The molecule has 0 spiro atoms. The van der Waals surface area contributed by atoms with Gasteiger partial charge in [-0.15, -0.1) is 0 Å². The molecule has 8 heteroatoms. The van der Waals surface area contributed by atoms with Crippen LogP contribution in [0.25, 0.3) is 16.7 Å². The highest BCUT2D eigenvalue weighted by Crippen LogP contribution is 2.35. The third kappa shape index (κ3) is 4.12. The van der Waals surface area contributed by atoms with Gasteiger partial charge in [0, 0.05) is 19.6 Å². The molecule has 7 nitrogen and oxygen atoms in total. The smallest absolute Gasteiger partial charge is 0.354 e. The quantitative estimate of drug-likeness (QED) is 0.668. The number of carboxylic acid groups (broad SMARTS) is 1. The first-order valence-corrected chi connectivity index (χ1v) is 10.8. The highest BCUT2D eigenvalue weighted by molar-refractivity contribution is 5.98. The number of fused-ring (bicyclic) bond motifs is 1. The van der Waals surface area contributed by atoms with Crippen LogP contribution < -0.4 is 4.90 Å². The highest BCUT2D eigenvalue weighted by Gasteiger charge is 2.25. The zero-order chi connectivity index (χ0) is 22.1. The van der Waals surface area contributed by atoms with E-state index in [1.54, 1.807) is 22.9 Å². The topological polar surface area (TPSA) is 74.5 Å². The number of carbonyl (C=O) groups is 1. The number of hydrogen-bond acceptors (Lipinski definition) is 5. The van der Waals surface area contributed by atoms with Gasteiger partial charge >= 0.3 is 5.97 Å². The summed E-state index contributed by atoms with van der Waals surface area (Å²) in [6.45, 7) is 10.9. The summed E-state index contributed by atoms with van der Waals surface area (Å²) in [5.41, 5.74) is 2.83. The number of anilines is 1. The maximum absolute atomic E-state index is 13.5. The molecule has 2 aromatic heterocycles. The third-order valence-electron chi connectivity index (χ3n) is 5.86. The van der Waals surface area contributed by atoms with Crippen molar-refractivity contribution in [1.82, 2.24) is 19.7 Å². The number of rotatable bonds is 5. The Labute approximate surface area is 181 Å². The van der Waals surface area contributed by atoms with Gasteiger partial charge in [0.15, 0.2) is 11.3 Å². The lowest BCUT2D eigenvalue weighted by molar-refractivity contribution is 0.0691. The number of aromatic nitrogens is 3. The van der Waals surface area contributed by atoms with Crippen molar-refractivity contribution in [2.24, 2.45) is 0 Å². The van der Waals surface area contributed by atoms with E-state index in [0.717, 1.165) is 55.9 Å². The lowest BCUT2D eigenvalue weighted by Gasteiger charge is -2.25. The van der Waals surface area contributed by atoms with Crippen LogP contribution in [0.5, 0.6) is 0 Å². The van der Waals surface area contributed by atoms with E-state index in [4.69, 9.17) is 5.10 Å². The Bertz CT molecular complexity index is 1090. The molecule has 31 heavy (non-hydrogen) atoms. The standard InChI is InChI=1S/C23H28FN5O2/c1-4-27-10-5-11-28(13-12-27)19-14-18(23(30)31)25-22-20(19)21(15(2)3)26-29(22)17-8-6-16(24)7-9-17/h6-9,14-15H,4-5,10-13H2,1-3H3,(H,30,31). The molecular weight excluding hydrogens is 397 g/mol. The van der Waals surface area contributed by atoms with Gasteiger partial charge in [-0.25, -0.2) is 18.9 Å². The Balaban J connectivity index is 1.94. The second-order valence-electron chi connectivity index (χ2n) is 8.23. The molecule has 0 bridgehead atoms. The normalized spacial score (nSPS) is 15.6. The van der Waals surface area contributed by atoms with E-state index >= 15 is 0 Å². The van der Waals surface area contributed by atoms with E-state index in [-0.39, 0.29) is 17.4 Å². The largest absolute Gasteiger partial charge is 0.477 e. The minimum absolute atomic E-state index is 0.0161. The molecule has 1 aliphatic rings. The molecule has 0 aliphatic carbocycles. The van der Waals surface area contributed by atoms with Gasteiger partial charge in [-0.3, -0.25) is 0 Å². The fourth-order valence-electron chi connectivity index (χ4n) is 4.18. The summed E-state index contributed by atoms with van der Waals surface area (Å²) in [5, 5.41) is 15.4. The molecule has 3 heterocycles. The summed E-state index contributed by atoms with van der Waals surface area (Å²) < 4.78 is 15.1. The molecule has 0 radical (unpaired) electrons. The Kier molecular flexibility index (Phi) is 5.91. The number of nitrogens with zero attached hydrogens (tertiary/aromatic N) is 5. The Morgan fingerprint density at radius 3 is 2.55 bits per heavy atom. The van der Waals surface area contributed by atoms with E-state index in [9.17, 15) is 14.3 Å². The van der Waals surface area contributed by atoms with Crippen LogP contribution in [0, 0.1) is 5.82 Å². The summed E-state index contributed by atoms with van der Waals surface area (Å²) in [6, 6.07) is 7.67. The first-order valence-electron chi connectivity index (χ1n) is 10.8. The maximum Gasteiger partial charge on any atom is 0.354 e. The fraction of sp³-hybridized carbons (Fsp3) is 0.435. The maximum atomic E-state index is 13.5. The molecular formula is C23H28FN5O2. The van der Waals surface area contributed by atoms with Gasteiger partial charge in [0.25, 0.3) is 0 Å². The van der Waals surface area contributed by atoms with Crippen molar-refractivity contribution < 1.29 is 14.3 Å². The monoisotopic (exact) mass is 425 g/mol. The predicted molar refractivity (Wildman–Crippen MR) is 119 cm³/mol. The summed E-state index contributed by atoms with van der Waals surface area (Å²) in [7, 11) is 0. The van der Waals surface area contributed by atoms with Gasteiger partial charge in [0.05, 0.1) is 22.5 Å². The van der Waals surface area contributed by atoms with Crippen LogP contribution in [0.2, 0.25) is 0 Å². The zero-order valence-corrected chi connectivity index (χ0v) is 18.2. The summed E-state index contributed by atoms with van der Waals surface area (Å²) in [5.74, 6) is -1.31. The molecule has 3 aromatic rings. The summed E-state index contributed by atoms with van der Waals surface area (Å²) >= 11 is 0. The van der Waals surface area contributed by atoms with E-state index in [2.05, 4.69) is 35.6 Å². The molecule has 0 atom stereocenters. The second kappa shape index (κ2) is 8.63. The van der Waals surface area contributed by atoms with Crippen molar-refractivity contribution in [3.8, 4) is 5.69 Å². The van der Waals surface area contributed by atoms with Gasteiger partial charge in [0.2, 0.25) is 0 Å². The van der Waals surface area contributed by atoms with E-state index in [0.29, 0.717) is 11.3 Å². The zero-order valence-electron chi connectivity index (χ0n) is 18.2. The Morgan fingerprint density at radius 1 is 1.16 bits per heavy atom. The van der Waals surface area contributed by atoms with Crippen molar-refractivity contribution in [1.29, 1.82) is 0 Å². The number of carboxylic acids is 1. The number of pyridine rings is 1. The highest BCUT2D eigenvalue weighted by atomic mass is 19.1. The van der Waals surface area contributed by atoms with Gasteiger partial charge < -0.3 is 14.9 Å². The van der Waals surface area contributed by atoms with Crippen molar-refractivity contribution in [3.05, 3.63) is 47.5 Å². The van der Waals surface area contributed by atoms with Crippen molar-refractivity contribution in [3.63, 3.8) is 0 Å². The summed E-state index contributed by atoms with van der Waals surface area (Å²) in [4.78, 5) is 21.0. The Morgan fingerprint density at radius 2 is 1.90 bits per heavy atom. The average Bonchev–Trinajstić information content (AvgIpc) is 2.97. The van der Waals surface area contributed by atoms with Crippen molar-refractivity contribution >= 4 is 22.7 Å². The number of hydrogen-bond donors (Lipinski definition) is 1. The number of aromatic carboxylic acids is 1. The Hall–Kier alpha value is -3.00. The molecule has 1 aromatic carbocycles. The first-order chi connectivity index (χ1) is 14.9. The third-order valence-corrected chi connectivity index (χ3v) is 5.86. The predicted octanol–water partition coefficient (Wildman–Crippen LogP) is 3.91. The lowest BCUT2D eigenvalue weighted by atomic mass is 10.0. The molecule has 4 rings (SSSR count). The fourth-order valence-corrected chi connectivity index (χ4v) is 4.18. The van der Waals surface area contributed by atoms with Crippen LogP contribution in [0.4, 0.5) is 10.1 Å². The molecule has 0 unspecified atom stereocenters. The van der Waals surface area contributed by atoms with Gasteiger partial charge in [-0.1, -0.05) is 20.8 Å². The molecule has 1 fully saturated rings. The SMILES string of the molecule is CCN1CCCN(c2cc(C(=O)O)nc3c2c(C(C)C)nn3-c2ccc(F)cc2)CC1. The molecule has 0 amide bonds. The molecule has 1 saturated heterocycles. The van der Waals surface area contributed by atoms with Gasteiger partial charge in [0.1, 0.15) is 5.82 Å². The van der Waals surface area contributed by atoms with Gasteiger partial charge in [-0.05, 0) is 55.8 Å². The molecule has 1 aliphatic heterocycles. The minimum Gasteiger partial charge on any atom is -0.477 e. The number of likely N-dealkylation sites (N-methyl/N-ethyl adjacent to an activating group) is 1. The second-order valence-corrected chi connectivity index (χ2v) is 8.23. The average molecular weight is 426 g/mol. The number of halogens is 1. The lowest BCUT2D eigenvalue weighted by Crippen LogP contribution is -2.31. The van der Waals surface area contributed by atoms with Crippen LogP contribution in [-0.4, -0.2) is 63.5 Å². The summed E-state index contributed by atoms with van der Waals surface area (Å²) in [6.07, 6.45) is 1.00. The van der Waals surface area contributed by atoms with Crippen LogP contribution >= 0.6 is 0 Å². The van der Waals surface area contributed by atoms with Gasteiger partial charge in [-0.2, -0.15) is 5.10 Å². The molecule has 0 saturated carbocycles. The van der Waals surface area contributed by atoms with E-state index < -0.39 is 5.97 Å². The molecule has 1 N–H and O–H groups in total. The minimum atomic E-state index is -1.08. The van der Waals surface area contributed by atoms with Crippen LogP contribution in [0.15, 0.2) is 30.3 Å². The van der Waals surface area contributed by atoms with E-state index in [1.807, 2.05) is 0 Å². The van der Waals surface area contributed by atoms with Crippen molar-refractivity contribution in [2.45, 2.75) is 33.1 Å². The van der Waals surface area contributed by atoms with Crippen LogP contribution in [-0.2, 0) is 0 Å². The van der Waals surface area contributed by atoms with Crippen molar-refractivity contribution in [2.75, 3.05) is 37.6 Å². The van der Waals surface area contributed by atoms with E-state index in [1.165, 1.54) is 12.1 Å². The van der Waals surface area contributed by atoms with Crippen LogP contribution in [0.3, 0.4) is 0 Å². The first kappa shape index (κ1) is 21.2. The number of benzene rings is 1.